The summed E-state index contributed by atoms with van der Waals surface area (Å²) in [5.74, 6) is -1.84. The highest BCUT2D eigenvalue weighted by atomic mass is 19.4. The molecule has 2 N–H and O–H groups in total. The number of urea groups is 1. The van der Waals surface area contributed by atoms with Crippen molar-refractivity contribution in [2.24, 2.45) is 0 Å². The molecule has 0 atom stereocenters. The topological polar surface area (TPSA) is 84.5 Å². The molecule has 6 nitrogen and oxygen atoms in total. The molecule has 0 saturated heterocycles. The second-order valence-electron chi connectivity index (χ2n) is 5.90. The summed E-state index contributed by atoms with van der Waals surface area (Å²) in [5.41, 5.74) is -1.60. The van der Waals surface area contributed by atoms with E-state index in [0.29, 0.717) is 0 Å². The second-order valence-corrected chi connectivity index (χ2v) is 5.90. The first-order chi connectivity index (χ1) is 10.9. The number of alkyl halides is 3. The van der Waals surface area contributed by atoms with Crippen LogP contribution in [0, 0.1) is 0 Å². The van der Waals surface area contributed by atoms with Crippen molar-refractivity contribution in [3.63, 3.8) is 0 Å². The Morgan fingerprint density at radius 1 is 1.04 bits per heavy atom. The number of hydrogen-bond donors (Lipinski definition) is 2. The van der Waals surface area contributed by atoms with Gasteiger partial charge in [0.05, 0.1) is 11.1 Å². The van der Waals surface area contributed by atoms with E-state index in [1.165, 1.54) is 0 Å². The Hall–Kier alpha value is -2.58. The van der Waals surface area contributed by atoms with E-state index in [2.05, 4.69) is 10.1 Å². The first-order valence-electron chi connectivity index (χ1n) is 6.85. The second kappa shape index (κ2) is 7.33. The summed E-state index contributed by atoms with van der Waals surface area (Å²) in [6.45, 7) is 4.39. The zero-order valence-electron chi connectivity index (χ0n) is 13.3. The zero-order chi connectivity index (χ0) is 18.5. The third-order valence-corrected chi connectivity index (χ3v) is 2.52. The molecule has 0 unspecified atom stereocenters. The SMILES string of the molecule is CC(C)(C)NC(=O)NC(=O)COC(=O)c1ccc(C(F)(F)F)cc1. The van der Waals surface area contributed by atoms with E-state index in [9.17, 15) is 27.6 Å². The van der Waals surface area contributed by atoms with Gasteiger partial charge in [0, 0.05) is 5.54 Å². The van der Waals surface area contributed by atoms with Crippen molar-refractivity contribution in [3.8, 4) is 0 Å². The molecular weight excluding hydrogens is 329 g/mol. The Kier molecular flexibility index (Phi) is 5.94. The predicted molar refractivity (Wildman–Crippen MR) is 78.2 cm³/mol. The van der Waals surface area contributed by atoms with Crippen molar-refractivity contribution in [3.05, 3.63) is 35.4 Å². The number of carbonyl (C=O) groups is 3. The number of benzene rings is 1. The van der Waals surface area contributed by atoms with Crippen molar-refractivity contribution in [2.75, 3.05) is 6.61 Å². The number of esters is 1. The molecule has 0 aliphatic carbocycles. The number of imide groups is 1. The Morgan fingerprint density at radius 2 is 1.58 bits per heavy atom. The van der Waals surface area contributed by atoms with E-state index in [-0.39, 0.29) is 5.56 Å². The van der Waals surface area contributed by atoms with Crippen LogP contribution in [0.5, 0.6) is 0 Å². The number of ether oxygens (including phenoxy) is 1. The molecule has 132 valence electrons. The molecular formula is C15H17F3N2O4. The van der Waals surface area contributed by atoms with Crippen LogP contribution in [-0.4, -0.2) is 30.1 Å². The van der Waals surface area contributed by atoms with Crippen LogP contribution in [0.4, 0.5) is 18.0 Å². The molecule has 1 aromatic rings. The van der Waals surface area contributed by atoms with Gasteiger partial charge >= 0.3 is 18.2 Å². The van der Waals surface area contributed by atoms with Crippen molar-refractivity contribution in [1.29, 1.82) is 0 Å². The van der Waals surface area contributed by atoms with Crippen LogP contribution >= 0.6 is 0 Å². The van der Waals surface area contributed by atoms with Crippen LogP contribution in [0.1, 0.15) is 36.7 Å². The van der Waals surface area contributed by atoms with Crippen molar-refractivity contribution in [1.82, 2.24) is 10.6 Å². The molecule has 0 bridgehead atoms. The van der Waals surface area contributed by atoms with Gasteiger partial charge in [-0.2, -0.15) is 13.2 Å². The molecule has 0 aliphatic heterocycles. The van der Waals surface area contributed by atoms with Gasteiger partial charge in [-0.15, -0.1) is 0 Å². The fourth-order valence-electron chi connectivity index (χ4n) is 1.54. The summed E-state index contributed by atoms with van der Waals surface area (Å²) in [4.78, 5) is 34.5. The zero-order valence-corrected chi connectivity index (χ0v) is 13.3. The Labute approximate surface area is 136 Å². The summed E-state index contributed by atoms with van der Waals surface area (Å²) in [7, 11) is 0. The average molecular weight is 346 g/mol. The van der Waals surface area contributed by atoms with E-state index < -0.39 is 41.8 Å². The molecule has 0 saturated carbocycles. The maximum absolute atomic E-state index is 12.4. The summed E-state index contributed by atoms with van der Waals surface area (Å²) >= 11 is 0. The van der Waals surface area contributed by atoms with Gasteiger partial charge in [-0.1, -0.05) is 0 Å². The van der Waals surface area contributed by atoms with Crippen LogP contribution < -0.4 is 10.6 Å². The first kappa shape index (κ1) is 19.5. The van der Waals surface area contributed by atoms with Crippen LogP contribution in [0.3, 0.4) is 0 Å². The Bertz CT molecular complexity index is 619. The van der Waals surface area contributed by atoms with Crippen molar-refractivity contribution >= 4 is 17.9 Å². The molecule has 24 heavy (non-hydrogen) atoms. The molecule has 0 fully saturated rings. The molecule has 0 aliphatic rings. The number of nitrogens with one attached hydrogen (secondary N) is 2. The van der Waals surface area contributed by atoms with Crippen LogP contribution in [-0.2, 0) is 15.7 Å². The lowest BCUT2D eigenvalue weighted by molar-refractivity contribution is -0.137. The summed E-state index contributed by atoms with van der Waals surface area (Å²) < 4.78 is 41.9. The van der Waals surface area contributed by atoms with Gasteiger partial charge in [-0.3, -0.25) is 10.1 Å². The largest absolute Gasteiger partial charge is 0.452 e. The Balaban J connectivity index is 2.51. The minimum Gasteiger partial charge on any atom is -0.452 e. The maximum Gasteiger partial charge on any atom is 0.416 e. The van der Waals surface area contributed by atoms with Crippen molar-refractivity contribution < 1.29 is 32.3 Å². The van der Waals surface area contributed by atoms with Gasteiger partial charge in [0.1, 0.15) is 0 Å². The lowest BCUT2D eigenvalue weighted by Crippen LogP contribution is -2.49. The molecule has 1 rings (SSSR count). The summed E-state index contributed by atoms with van der Waals surface area (Å²) in [6.07, 6.45) is -4.51. The van der Waals surface area contributed by atoms with E-state index in [1.54, 1.807) is 20.8 Å². The fraction of sp³-hybridized carbons (Fsp3) is 0.400. The number of rotatable bonds is 3. The van der Waals surface area contributed by atoms with Crippen LogP contribution in [0.25, 0.3) is 0 Å². The molecule has 0 spiro atoms. The molecule has 0 heterocycles. The number of carbonyl (C=O) groups excluding carboxylic acids is 3. The molecule has 3 amide bonds. The van der Waals surface area contributed by atoms with E-state index >= 15 is 0 Å². The third kappa shape index (κ3) is 6.67. The maximum atomic E-state index is 12.4. The molecule has 1 aromatic carbocycles. The molecule has 0 aromatic heterocycles. The fourth-order valence-corrected chi connectivity index (χ4v) is 1.54. The lowest BCUT2D eigenvalue weighted by Gasteiger charge is -2.20. The summed E-state index contributed by atoms with van der Waals surface area (Å²) in [5, 5.41) is 4.43. The molecule has 9 heteroatoms. The van der Waals surface area contributed by atoms with Gasteiger partial charge in [0.2, 0.25) is 0 Å². The third-order valence-electron chi connectivity index (χ3n) is 2.52. The normalized spacial score (nSPS) is 11.6. The first-order valence-corrected chi connectivity index (χ1v) is 6.85. The van der Waals surface area contributed by atoms with Crippen LogP contribution in [0.2, 0.25) is 0 Å². The van der Waals surface area contributed by atoms with Gasteiger partial charge in [0.25, 0.3) is 5.91 Å². The van der Waals surface area contributed by atoms with Gasteiger partial charge < -0.3 is 10.1 Å². The number of hydrogen-bond acceptors (Lipinski definition) is 4. The predicted octanol–water partition coefficient (Wildman–Crippen LogP) is 2.49. The highest BCUT2D eigenvalue weighted by Crippen LogP contribution is 2.29. The highest BCUT2D eigenvalue weighted by Gasteiger charge is 2.30. The minimum absolute atomic E-state index is 0.144. The van der Waals surface area contributed by atoms with Gasteiger partial charge in [-0.25, -0.2) is 9.59 Å². The van der Waals surface area contributed by atoms with E-state index in [4.69, 9.17) is 0 Å². The summed E-state index contributed by atoms with van der Waals surface area (Å²) in [6, 6.07) is 2.59. The average Bonchev–Trinajstić information content (AvgIpc) is 2.41. The number of amides is 3. The highest BCUT2D eigenvalue weighted by molar-refractivity contribution is 5.97. The van der Waals surface area contributed by atoms with Gasteiger partial charge in [0.15, 0.2) is 6.61 Å². The lowest BCUT2D eigenvalue weighted by atomic mass is 10.1. The van der Waals surface area contributed by atoms with Crippen molar-refractivity contribution in [2.45, 2.75) is 32.5 Å². The molecule has 0 radical (unpaired) electrons. The quantitative estimate of drug-likeness (QED) is 0.824. The Morgan fingerprint density at radius 3 is 2.04 bits per heavy atom. The monoisotopic (exact) mass is 346 g/mol. The smallest absolute Gasteiger partial charge is 0.416 e. The van der Waals surface area contributed by atoms with Crippen LogP contribution in [0.15, 0.2) is 24.3 Å². The van der Waals surface area contributed by atoms with E-state index in [1.807, 2.05) is 5.32 Å². The van der Waals surface area contributed by atoms with E-state index in [0.717, 1.165) is 24.3 Å². The number of halogens is 3. The minimum atomic E-state index is -4.51. The van der Waals surface area contributed by atoms with Gasteiger partial charge in [-0.05, 0) is 45.0 Å². The standard InChI is InChI=1S/C15H17F3N2O4/c1-14(2,3)20-13(23)19-11(21)8-24-12(22)9-4-6-10(7-5-9)15(16,17)18/h4-7H,8H2,1-3H3,(H2,19,20,21,23).